The van der Waals surface area contributed by atoms with Gasteiger partial charge in [-0.25, -0.2) is 13.1 Å². The number of hydrogen-bond donors (Lipinski definition) is 1. The predicted octanol–water partition coefficient (Wildman–Crippen LogP) is 3.69. The molecule has 1 aromatic heterocycles. The van der Waals surface area contributed by atoms with Gasteiger partial charge in [-0.3, -0.25) is 0 Å². The quantitative estimate of drug-likeness (QED) is 0.860. The van der Waals surface area contributed by atoms with Crippen LogP contribution in [0, 0.1) is 0 Å². The Morgan fingerprint density at radius 3 is 2.47 bits per heavy atom. The highest BCUT2D eigenvalue weighted by Gasteiger charge is 2.18. The molecular weight excluding hydrogens is 370 g/mol. The lowest BCUT2D eigenvalue weighted by atomic mass is 10.2. The molecule has 0 aliphatic heterocycles. The molecule has 102 valence electrons. The Morgan fingerprint density at radius 1 is 1.21 bits per heavy atom. The molecule has 0 amide bonds. The topological polar surface area (TPSA) is 46.2 Å². The van der Waals surface area contributed by atoms with Crippen LogP contribution in [-0.2, 0) is 16.4 Å². The zero-order valence-corrected chi connectivity index (χ0v) is 13.7. The molecule has 2 aromatic rings. The van der Waals surface area contributed by atoms with Gasteiger partial charge in [0.1, 0.15) is 4.21 Å². The number of halogens is 2. The molecule has 0 spiro atoms. The van der Waals surface area contributed by atoms with Crippen LogP contribution in [0.4, 0.5) is 0 Å². The zero-order valence-electron chi connectivity index (χ0n) is 9.77. The highest BCUT2D eigenvalue weighted by atomic mass is 79.9. The number of thiophene rings is 1. The van der Waals surface area contributed by atoms with Crippen molar-refractivity contribution in [1.29, 1.82) is 0 Å². The van der Waals surface area contributed by atoms with Crippen LogP contribution in [0.5, 0.6) is 0 Å². The van der Waals surface area contributed by atoms with E-state index < -0.39 is 10.0 Å². The van der Waals surface area contributed by atoms with Crippen LogP contribution >= 0.6 is 38.9 Å². The number of nitrogens with one attached hydrogen (secondary N) is 1. The molecule has 2 rings (SSSR count). The predicted molar refractivity (Wildman–Crippen MR) is 82.4 cm³/mol. The molecule has 0 unspecified atom stereocenters. The SMILES string of the molecule is O=S(=O)(NCCc1ccc(Cl)cc1)c1sccc1Br. The van der Waals surface area contributed by atoms with Crippen molar-refractivity contribution in [1.82, 2.24) is 4.72 Å². The fraction of sp³-hybridized carbons (Fsp3) is 0.167. The lowest BCUT2D eigenvalue weighted by molar-refractivity contribution is 0.583. The van der Waals surface area contributed by atoms with E-state index in [1.54, 1.807) is 23.6 Å². The van der Waals surface area contributed by atoms with Crippen molar-refractivity contribution in [3.05, 3.63) is 50.8 Å². The summed E-state index contributed by atoms with van der Waals surface area (Å²) in [6.45, 7) is 0.355. The second-order valence-corrected chi connectivity index (χ2v) is 8.00. The maximum Gasteiger partial charge on any atom is 0.251 e. The van der Waals surface area contributed by atoms with Gasteiger partial charge in [0.05, 0.1) is 0 Å². The molecule has 0 radical (unpaired) electrons. The summed E-state index contributed by atoms with van der Waals surface area (Å²) < 4.78 is 27.5. The minimum absolute atomic E-state index is 0.309. The molecule has 1 heterocycles. The second kappa shape index (κ2) is 6.37. The summed E-state index contributed by atoms with van der Waals surface area (Å²) in [5.74, 6) is 0. The Kier molecular flexibility index (Phi) is 5.03. The maximum absolute atomic E-state index is 12.0. The summed E-state index contributed by atoms with van der Waals surface area (Å²) in [6.07, 6.45) is 0.624. The van der Waals surface area contributed by atoms with E-state index in [9.17, 15) is 8.42 Å². The van der Waals surface area contributed by atoms with E-state index in [1.807, 2.05) is 12.1 Å². The Hall–Kier alpha value is -0.400. The van der Waals surface area contributed by atoms with Crippen molar-refractivity contribution in [2.45, 2.75) is 10.6 Å². The third-order valence-corrected chi connectivity index (χ3v) is 6.83. The van der Waals surface area contributed by atoms with Crippen molar-refractivity contribution < 1.29 is 8.42 Å². The maximum atomic E-state index is 12.0. The number of sulfonamides is 1. The largest absolute Gasteiger partial charge is 0.251 e. The molecule has 0 atom stereocenters. The van der Waals surface area contributed by atoms with E-state index in [2.05, 4.69) is 20.7 Å². The molecule has 0 fully saturated rings. The monoisotopic (exact) mass is 379 g/mol. The van der Waals surface area contributed by atoms with Gasteiger partial charge in [-0.05, 0) is 51.5 Å². The fourth-order valence-corrected chi connectivity index (χ4v) is 5.06. The summed E-state index contributed by atoms with van der Waals surface area (Å²) in [4.78, 5) is 0. The van der Waals surface area contributed by atoms with Gasteiger partial charge in [-0.2, -0.15) is 0 Å². The first kappa shape index (κ1) is 15.0. The van der Waals surface area contributed by atoms with Crippen LogP contribution in [0.3, 0.4) is 0 Å². The summed E-state index contributed by atoms with van der Waals surface area (Å²) in [7, 11) is -3.43. The molecule has 0 bridgehead atoms. The smallest absolute Gasteiger partial charge is 0.210 e. The molecule has 0 saturated heterocycles. The molecule has 19 heavy (non-hydrogen) atoms. The van der Waals surface area contributed by atoms with E-state index >= 15 is 0 Å². The molecular formula is C12H11BrClNO2S2. The number of hydrogen-bond acceptors (Lipinski definition) is 3. The molecule has 7 heteroatoms. The Morgan fingerprint density at radius 2 is 1.89 bits per heavy atom. The van der Waals surface area contributed by atoms with Crippen molar-refractivity contribution in [3.63, 3.8) is 0 Å². The zero-order chi connectivity index (χ0) is 13.9. The third-order valence-electron chi connectivity index (χ3n) is 2.45. The van der Waals surface area contributed by atoms with Gasteiger partial charge < -0.3 is 0 Å². The van der Waals surface area contributed by atoms with Gasteiger partial charge in [0.2, 0.25) is 0 Å². The van der Waals surface area contributed by atoms with Gasteiger partial charge in [-0.1, -0.05) is 23.7 Å². The van der Waals surface area contributed by atoms with Crippen LogP contribution < -0.4 is 4.72 Å². The summed E-state index contributed by atoms with van der Waals surface area (Å²) in [6, 6.07) is 9.08. The standard InChI is InChI=1S/C12H11BrClNO2S2/c13-11-6-8-18-12(11)19(16,17)15-7-5-9-1-3-10(14)4-2-9/h1-4,6,8,15H,5,7H2. The van der Waals surface area contributed by atoms with Crippen LogP contribution in [0.2, 0.25) is 5.02 Å². The molecule has 0 aliphatic carbocycles. The molecule has 0 aliphatic rings. The van der Waals surface area contributed by atoms with Crippen LogP contribution in [0.15, 0.2) is 44.4 Å². The molecule has 1 N–H and O–H groups in total. The lowest BCUT2D eigenvalue weighted by Crippen LogP contribution is -2.25. The van der Waals surface area contributed by atoms with E-state index in [0.29, 0.717) is 26.7 Å². The average Bonchev–Trinajstić information content (AvgIpc) is 2.79. The second-order valence-electron chi connectivity index (χ2n) is 3.83. The molecule has 1 aromatic carbocycles. The van der Waals surface area contributed by atoms with Crippen LogP contribution in [0.25, 0.3) is 0 Å². The number of rotatable bonds is 5. The van der Waals surface area contributed by atoms with E-state index in [0.717, 1.165) is 5.56 Å². The number of benzene rings is 1. The molecule has 0 saturated carbocycles. The van der Waals surface area contributed by atoms with Gasteiger partial charge >= 0.3 is 0 Å². The van der Waals surface area contributed by atoms with Crippen LogP contribution in [0.1, 0.15) is 5.56 Å². The Bertz CT molecular complexity index is 653. The minimum atomic E-state index is -3.43. The van der Waals surface area contributed by atoms with Crippen LogP contribution in [-0.4, -0.2) is 15.0 Å². The summed E-state index contributed by atoms with van der Waals surface area (Å²) >= 11 is 10.2. The Labute approximate surface area is 129 Å². The Balaban J connectivity index is 1.96. The van der Waals surface area contributed by atoms with Crippen molar-refractivity contribution in [2.75, 3.05) is 6.54 Å². The first-order valence-corrected chi connectivity index (χ1v) is 8.99. The minimum Gasteiger partial charge on any atom is -0.210 e. The first-order chi connectivity index (χ1) is 8.99. The fourth-order valence-electron chi connectivity index (χ4n) is 1.52. The third kappa shape index (κ3) is 4.03. The normalized spacial score (nSPS) is 11.7. The van der Waals surface area contributed by atoms with E-state index in [1.165, 1.54) is 11.3 Å². The summed E-state index contributed by atoms with van der Waals surface area (Å²) in [5, 5.41) is 2.41. The van der Waals surface area contributed by atoms with E-state index in [4.69, 9.17) is 11.6 Å². The van der Waals surface area contributed by atoms with Gasteiger partial charge in [0.15, 0.2) is 0 Å². The van der Waals surface area contributed by atoms with Crippen molar-refractivity contribution in [2.24, 2.45) is 0 Å². The van der Waals surface area contributed by atoms with Crippen molar-refractivity contribution >= 4 is 48.9 Å². The van der Waals surface area contributed by atoms with Gasteiger partial charge in [0.25, 0.3) is 10.0 Å². The highest BCUT2D eigenvalue weighted by Crippen LogP contribution is 2.27. The average molecular weight is 381 g/mol. The van der Waals surface area contributed by atoms with Gasteiger partial charge in [0, 0.05) is 16.0 Å². The first-order valence-electron chi connectivity index (χ1n) is 5.46. The van der Waals surface area contributed by atoms with E-state index in [-0.39, 0.29) is 0 Å². The lowest BCUT2D eigenvalue weighted by Gasteiger charge is -2.05. The molecule has 3 nitrogen and oxygen atoms in total. The highest BCUT2D eigenvalue weighted by molar-refractivity contribution is 9.10. The van der Waals surface area contributed by atoms with Crippen molar-refractivity contribution in [3.8, 4) is 0 Å². The van der Waals surface area contributed by atoms with Gasteiger partial charge in [-0.15, -0.1) is 11.3 Å². The summed E-state index contributed by atoms with van der Waals surface area (Å²) in [5.41, 5.74) is 1.04.